The second-order valence-corrected chi connectivity index (χ2v) is 15.6. The molecule has 0 saturated heterocycles. The van der Waals surface area contributed by atoms with Gasteiger partial charge in [-0.3, -0.25) is 23.4 Å². The van der Waals surface area contributed by atoms with Gasteiger partial charge in [-0.25, -0.2) is 4.57 Å². The quantitative estimate of drug-likeness (QED) is 0.0165. The molecule has 0 saturated carbocycles. The first kappa shape index (κ1) is 47.4. The fraction of sp³-hybridized carbons (Fsp3) is 0.865. The Morgan fingerprint density at radius 2 is 1.24 bits per heavy atom. The van der Waals surface area contributed by atoms with Crippen LogP contribution >= 0.6 is 7.82 Å². The molecule has 0 rings (SSSR count). The van der Waals surface area contributed by atoms with Gasteiger partial charge >= 0.3 is 19.8 Å². The van der Waals surface area contributed by atoms with Crippen LogP contribution < -0.4 is 0 Å². The molecule has 0 spiro atoms. The maximum Gasteiger partial charge on any atom is 0.472 e. The Morgan fingerprint density at radius 1 is 0.735 bits per heavy atom. The van der Waals surface area contributed by atoms with Crippen LogP contribution in [0.4, 0.5) is 0 Å². The first-order valence-electron chi connectivity index (χ1n) is 18.9. The van der Waals surface area contributed by atoms with Crippen LogP contribution in [0.3, 0.4) is 0 Å². The summed E-state index contributed by atoms with van der Waals surface area (Å²) in [5, 5.41) is 9.90. The third-order valence-corrected chi connectivity index (χ3v) is 9.18. The van der Waals surface area contributed by atoms with E-state index in [9.17, 15) is 28.9 Å². The van der Waals surface area contributed by atoms with E-state index >= 15 is 0 Å². The van der Waals surface area contributed by atoms with Crippen molar-refractivity contribution in [3.8, 4) is 0 Å². The summed E-state index contributed by atoms with van der Waals surface area (Å²) in [5.74, 6) is -0.905. The summed E-state index contributed by atoms with van der Waals surface area (Å²) < 4.78 is 34.0. The van der Waals surface area contributed by atoms with Crippen LogP contribution in [0.1, 0.15) is 148 Å². The van der Waals surface area contributed by atoms with Crippen LogP contribution in [0.5, 0.6) is 0 Å². The number of quaternary nitrogens is 1. The lowest BCUT2D eigenvalue weighted by Crippen LogP contribution is -2.37. The third kappa shape index (κ3) is 34.6. The van der Waals surface area contributed by atoms with Crippen LogP contribution in [0.15, 0.2) is 12.2 Å². The Bertz CT molecular complexity index is 908. The molecule has 49 heavy (non-hydrogen) atoms. The number of carbonyl (C=O) groups is 3. The second kappa shape index (κ2) is 31.1. The topological polar surface area (TPSA) is 146 Å². The van der Waals surface area contributed by atoms with Crippen molar-refractivity contribution < 1.29 is 52.0 Å². The molecule has 0 bridgehead atoms. The minimum Gasteiger partial charge on any atom is -0.462 e. The fourth-order valence-electron chi connectivity index (χ4n) is 5.14. The van der Waals surface area contributed by atoms with Crippen molar-refractivity contribution in [3.63, 3.8) is 0 Å². The van der Waals surface area contributed by atoms with Gasteiger partial charge in [0.15, 0.2) is 6.10 Å². The third-order valence-electron chi connectivity index (χ3n) is 8.19. The Hall–Kier alpha value is -1.62. The summed E-state index contributed by atoms with van der Waals surface area (Å²) in [6.45, 7) is 2.02. The monoisotopic (exact) mass is 720 g/mol. The van der Waals surface area contributed by atoms with E-state index in [4.69, 9.17) is 18.5 Å². The van der Waals surface area contributed by atoms with Crippen molar-refractivity contribution >= 4 is 26.0 Å². The first-order valence-corrected chi connectivity index (χ1v) is 20.4. The van der Waals surface area contributed by atoms with E-state index in [2.05, 4.69) is 6.92 Å². The van der Waals surface area contributed by atoms with Crippen LogP contribution in [-0.2, 0) is 37.5 Å². The molecule has 0 aromatic carbocycles. The Labute approximate surface area is 297 Å². The van der Waals surface area contributed by atoms with E-state index in [1.807, 2.05) is 21.1 Å². The average Bonchev–Trinajstić information content (AvgIpc) is 3.03. The zero-order valence-corrected chi connectivity index (χ0v) is 32.2. The van der Waals surface area contributed by atoms with Gasteiger partial charge in [0.25, 0.3) is 0 Å². The van der Waals surface area contributed by atoms with Gasteiger partial charge in [-0.05, 0) is 31.8 Å². The van der Waals surface area contributed by atoms with Gasteiger partial charge in [0.1, 0.15) is 26.0 Å². The van der Waals surface area contributed by atoms with Crippen LogP contribution in [0.2, 0.25) is 0 Å². The van der Waals surface area contributed by atoms with Crippen LogP contribution in [-0.4, -0.2) is 92.4 Å². The molecular formula is C37H71NO10P+. The number of unbranched alkanes of at least 4 members (excludes halogenated alkanes) is 16. The minimum atomic E-state index is -4.40. The molecule has 2 unspecified atom stereocenters. The molecule has 0 aliphatic heterocycles. The molecular weight excluding hydrogens is 649 g/mol. The molecule has 0 heterocycles. The molecule has 288 valence electrons. The number of allylic oxidation sites excluding steroid dienone is 1. The average molecular weight is 721 g/mol. The summed E-state index contributed by atoms with van der Waals surface area (Å²) in [5.41, 5.74) is 0. The summed E-state index contributed by atoms with van der Waals surface area (Å²) in [6, 6.07) is 0. The van der Waals surface area contributed by atoms with Crippen LogP contribution in [0.25, 0.3) is 0 Å². The zero-order chi connectivity index (χ0) is 36.6. The number of aldehydes is 1. The van der Waals surface area contributed by atoms with E-state index < -0.39 is 38.6 Å². The predicted molar refractivity (Wildman–Crippen MR) is 194 cm³/mol. The zero-order valence-electron chi connectivity index (χ0n) is 31.3. The normalized spacial score (nSPS) is 14.4. The Morgan fingerprint density at radius 3 is 1.78 bits per heavy atom. The highest BCUT2D eigenvalue weighted by Gasteiger charge is 2.27. The highest BCUT2D eigenvalue weighted by molar-refractivity contribution is 7.47. The van der Waals surface area contributed by atoms with Crippen molar-refractivity contribution in [2.24, 2.45) is 0 Å². The number of aliphatic hydroxyl groups excluding tert-OH is 1. The first-order chi connectivity index (χ1) is 23.4. The predicted octanol–water partition coefficient (Wildman–Crippen LogP) is 8.00. The van der Waals surface area contributed by atoms with Crippen molar-refractivity contribution in [1.29, 1.82) is 0 Å². The molecule has 3 atom stereocenters. The molecule has 0 aromatic heterocycles. The lowest BCUT2D eigenvalue weighted by Gasteiger charge is -2.24. The van der Waals surface area contributed by atoms with Crippen molar-refractivity contribution in [2.75, 3.05) is 47.5 Å². The highest BCUT2D eigenvalue weighted by atomic mass is 31.2. The van der Waals surface area contributed by atoms with Gasteiger partial charge in [-0.2, -0.15) is 0 Å². The van der Waals surface area contributed by atoms with Crippen molar-refractivity contribution in [3.05, 3.63) is 12.2 Å². The number of ether oxygens (including phenoxy) is 2. The smallest absolute Gasteiger partial charge is 0.462 e. The van der Waals surface area contributed by atoms with Gasteiger partial charge in [0, 0.05) is 12.8 Å². The number of esters is 2. The van der Waals surface area contributed by atoms with Gasteiger partial charge in [-0.1, -0.05) is 116 Å². The SMILES string of the molecule is CCCCCCCCCCCCCCCC(=O)OC[C@H](COP(=O)(O)OCC[N+](C)(C)C)OC(=O)CCCCCCCC(O)C/C=C/C=O. The minimum absolute atomic E-state index is 0.00597. The maximum absolute atomic E-state index is 12.6. The lowest BCUT2D eigenvalue weighted by atomic mass is 10.0. The molecule has 0 fully saturated rings. The lowest BCUT2D eigenvalue weighted by molar-refractivity contribution is -0.870. The summed E-state index contributed by atoms with van der Waals surface area (Å²) >= 11 is 0. The standard InChI is InChI=1S/C37H70NO10P/c1-5-6-7-8-9-10-11-12-13-14-15-18-21-27-36(41)45-32-35(33-47-49(43,44)46-31-29-38(2,3)4)48-37(42)28-22-19-16-17-20-25-34(40)26-23-24-30-39/h23-24,30,34-35,40H,5-22,25-29,31-33H2,1-4H3/p+1/b24-23+/t34?,35-/m1/s1. The number of phosphoric acid groups is 1. The van der Waals surface area contributed by atoms with Gasteiger partial charge in [0.05, 0.1) is 33.9 Å². The van der Waals surface area contributed by atoms with E-state index in [1.165, 1.54) is 70.3 Å². The van der Waals surface area contributed by atoms with E-state index in [1.54, 1.807) is 6.08 Å². The van der Waals surface area contributed by atoms with Crippen molar-refractivity contribution in [2.45, 2.75) is 160 Å². The highest BCUT2D eigenvalue weighted by Crippen LogP contribution is 2.43. The molecule has 11 nitrogen and oxygen atoms in total. The molecule has 0 aromatic rings. The molecule has 0 amide bonds. The number of hydrogen-bond donors (Lipinski definition) is 2. The molecule has 0 aliphatic rings. The molecule has 0 radical (unpaired) electrons. The van der Waals surface area contributed by atoms with Crippen LogP contribution in [0, 0.1) is 0 Å². The van der Waals surface area contributed by atoms with E-state index in [0.29, 0.717) is 36.6 Å². The molecule has 12 heteroatoms. The summed E-state index contributed by atoms with van der Waals surface area (Å²) in [7, 11) is 1.38. The maximum atomic E-state index is 12.6. The second-order valence-electron chi connectivity index (χ2n) is 14.2. The number of rotatable bonds is 35. The Kier molecular flexibility index (Phi) is 30.1. The van der Waals surface area contributed by atoms with Gasteiger partial charge in [-0.15, -0.1) is 0 Å². The molecule has 0 aliphatic carbocycles. The fourth-order valence-corrected chi connectivity index (χ4v) is 5.88. The number of hydrogen-bond acceptors (Lipinski definition) is 9. The number of phosphoric ester groups is 1. The van der Waals surface area contributed by atoms with E-state index in [0.717, 1.165) is 44.9 Å². The number of nitrogens with zero attached hydrogens (tertiary/aromatic N) is 1. The van der Waals surface area contributed by atoms with Gasteiger partial charge in [0.2, 0.25) is 0 Å². The number of likely N-dealkylation sites (N-methyl/N-ethyl adjacent to an activating group) is 1. The summed E-state index contributed by atoms with van der Waals surface area (Å²) in [6.07, 6.45) is 23.5. The van der Waals surface area contributed by atoms with E-state index in [-0.39, 0.29) is 26.1 Å². The Balaban J connectivity index is 4.46. The van der Waals surface area contributed by atoms with Crippen molar-refractivity contribution in [1.82, 2.24) is 0 Å². The number of aliphatic hydroxyl groups is 1. The largest absolute Gasteiger partial charge is 0.472 e. The van der Waals surface area contributed by atoms with Gasteiger partial charge < -0.3 is 24.0 Å². The summed E-state index contributed by atoms with van der Waals surface area (Å²) in [4.78, 5) is 45.4. The molecule has 2 N–H and O–H groups in total. The number of carbonyl (C=O) groups excluding carboxylic acids is 3.